The summed E-state index contributed by atoms with van der Waals surface area (Å²) >= 11 is 2.00. The van der Waals surface area contributed by atoms with E-state index in [1.807, 2.05) is 23.9 Å². The lowest BCUT2D eigenvalue weighted by molar-refractivity contribution is 0.473. The number of hydrogen-bond donors (Lipinski definition) is 2. The Morgan fingerprint density at radius 1 is 1.29 bits per heavy atom. The molecule has 17 heavy (non-hydrogen) atoms. The number of nitrogens with two attached hydrogens (primary N) is 1. The minimum Gasteiger partial charge on any atom is -0.399 e. The molecule has 0 amide bonds. The van der Waals surface area contributed by atoms with Crippen molar-refractivity contribution in [3.05, 3.63) is 23.8 Å². The molecule has 2 rings (SSSR count). The first-order valence-corrected chi connectivity index (χ1v) is 7.62. The number of thioether (sulfide) groups is 1. The summed E-state index contributed by atoms with van der Waals surface area (Å²) in [5.41, 5.74) is 9.13. The Morgan fingerprint density at radius 3 is 2.82 bits per heavy atom. The van der Waals surface area contributed by atoms with E-state index < -0.39 is 0 Å². The summed E-state index contributed by atoms with van der Waals surface area (Å²) in [6.07, 6.45) is 7.48. The molecular formula is C14H22N2S. The maximum absolute atomic E-state index is 5.87. The standard InChI is InChI=1S/C14H22N2S/c1-10-6-11(15)8-13(7-10)16-12-4-3-5-14(9-12)17-2/h6-8,12,14,16H,3-5,9,15H2,1-2H3. The van der Waals surface area contributed by atoms with E-state index in [1.165, 1.54) is 36.9 Å². The van der Waals surface area contributed by atoms with Crippen LogP contribution < -0.4 is 11.1 Å². The Hall–Kier alpha value is -0.830. The maximum Gasteiger partial charge on any atom is 0.0365 e. The van der Waals surface area contributed by atoms with Crippen molar-refractivity contribution < 1.29 is 0 Å². The molecule has 2 nitrogen and oxygen atoms in total. The van der Waals surface area contributed by atoms with E-state index in [9.17, 15) is 0 Å². The van der Waals surface area contributed by atoms with Crippen molar-refractivity contribution >= 4 is 23.1 Å². The maximum atomic E-state index is 5.87. The van der Waals surface area contributed by atoms with Gasteiger partial charge in [-0.2, -0.15) is 11.8 Å². The highest BCUT2D eigenvalue weighted by Crippen LogP contribution is 2.29. The zero-order valence-electron chi connectivity index (χ0n) is 10.7. The predicted octanol–water partition coefficient (Wildman–Crippen LogP) is 3.66. The van der Waals surface area contributed by atoms with Crippen molar-refractivity contribution in [3.8, 4) is 0 Å². The molecule has 0 radical (unpaired) electrons. The fourth-order valence-corrected chi connectivity index (χ4v) is 3.45. The normalized spacial score (nSPS) is 24.6. The van der Waals surface area contributed by atoms with Gasteiger partial charge >= 0.3 is 0 Å². The Morgan fingerprint density at radius 2 is 2.12 bits per heavy atom. The van der Waals surface area contributed by atoms with Crippen LogP contribution in [0.3, 0.4) is 0 Å². The Kier molecular flexibility index (Phi) is 4.21. The van der Waals surface area contributed by atoms with Crippen LogP contribution in [0.1, 0.15) is 31.2 Å². The van der Waals surface area contributed by atoms with E-state index >= 15 is 0 Å². The summed E-state index contributed by atoms with van der Waals surface area (Å²) in [4.78, 5) is 0. The fraction of sp³-hybridized carbons (Fsp3) is 0.571. The number of hydrogen-bond acceptors (Lipinski definition) is 3. The largest absolute Gasteiger partial charge is 0.399 e. The van der Waals surface area contributed by atoms with Gasteiger partial charge in [-0.25, -0.2) is 0 Å². The number of nitrogens with one attached hydrogen (secondary N) is 1. The lowest BCUT2D eigenvalue weighted by atomic mass is 9.94. The molecule has 0 spiro atoms. The smallest absolute Gasteiger partial charge is 0.0365 e. The molecule has 1 aliphatic rings. The van der Waals surface area contributed by atoms with Gasteiger partial charge in [0.25, 0.3) is 0 Å². The monoisotopic (exact) mass is 250 g/mol. The molecule has 0 heterocycles. The molecule has 0 aliphatic heterocycles. The van der Waals surface area contributed by atoms with Gasteiger partial charge in [0.15, 0.2) is 0 Å². The lowest BCUT2D eigenvalue weighted by Crippen LogP contribution is -2.28. The van der Waals surface area contributed by atoms with Gasteiger partial charge in [0.1, 0.15) is 0 Å². The molecule has 1 aromatic rings. The van der Waals surface area contributed by atoms with E-state index in [1.54, 1.807) is 0 Å². The van der Waals surface area contributed by atoms with Crippen LogP contribution in [0.25, 0.3) is 0 Å². The zero-order valence-corrected chi connectivity index (χ0v) is 11.5. The SMILES string of the molecule is CSC1CCCC(Nc2cc(C)cc(N)c2)C1. The molecule has 1 aromatic carbocycles. The summed E-state index contributed by atoms with van der Waals surface area (Å²) in [5.74, 6) is 0. The average molecular weight is 250 g/mol. The fourth-order valence-electron chi connectivity index (χ4n) is 2.62. The van der Waals surface area contributed by atoms with Crippen LogP contribution in [0.4, 0.5) is 11.4 Å². The third-order valence-electron chi connectivity index (χ3n) is 3.43. The highest BCUT2D eigenvalue weighted by atomic mass is 32.2. The second-order valence-corrected chi connectivity index (χ2v) is 6.14. The quantitative estimate of drug-likeness (QED) is 0.804. The second-order valence-electron chi connectivity index (χ2n) is 5.00. The van der Waals surface area contributed by atoms with Gasteiger partial charge in [-0.1, -0.05) is 6.42 Å². The second kappa shape index (κ2) is 5.67. The summed E-state index contributed by atoms with van der Waals surface area (Å²) in [6.45, 7) is 2.09. The molecule has 3 N–H and O–H groups in total. The highest BCUT2D eigenvalue weighted by Gasteiger charge is 2.20. The molecular weight excluding hydrogens is 228 g/mol. The van der Waals surface area contributed by atoms with E-state index in [2.05, 4.69) is 24.6 Å². The van der Waals surface area contributed by atoms with Gasteiger partial charge in [-0.3, -0.25) is 0 Å². The molecule has 3 heteroatoms. The van der Waals surface area contributed by atoms with Crippen molar-refractivity contribution in [1.29, 1.82) is 0 Å². The van der Waals surface area contributed by atoms with Crippen molar-refractivity contribution in [3.63, 3.8) is 0 Å². The van der Waals surface area contributed by atoms with Crippen LogP contribution in [-0.2, 0) is 0 Å². The molecule has 0 saturated heterocycles. The van der Waals surface area contributed by atoms with Crippen molar-refractivity contribution in [2.45, 2.75) is 43.9 Å². The van der Waals surface area contributed by atoms with Crippen LogP contribution in [0, 0.1) is 6.92 Å². The molecule has 2 atom stereocenters. The van der Waals surface area contributed by atoms with Gasteiger partial charge in [-0.05, 0) is 56.2 Å². The van der Waals surface area contributed by atoms with Crippen LogP contribution in [-0.4, -0.2) is 17.5 Å². The van der Waals surface area contributed by atoms with Crippen molar-refractivity contribution in [2.75, 3.05) is 17.3 Å². The number of benzene rings is 1. The number of nitrogen functional groups attached to an aromatic ring is 1. The number of aryl methyl sites for hydroxylation is 1. The van der Waals surface area contributed by atoms with E-state index in [4.69, 9.17) is 5.73 Å². The summed E-state index contributed by atoms with van der Waals surface area (Å²) in [7, 11) is 0. The predicted molar refractivity (Wildman–Crippen MR) is 78.8 cm³/mol. The molecule has 1 saturated carbocycles. The number of rotatable bonds is 3. The third kappa shape index (κ3) is 3.56. The molecule has 2 unspecified atom stereocenters. The van der Waals surface area contributed by atoms with Crippen molar-refractivity contribution in [2.24, 2.45) is 0 Å². The summed E-state index contributed by atoms with van der Waals surface area (Å²) < 4.78 is 0. The van der Waals surface area contributed by atoms with Crippen LogP contribution >= 0.6 is 11.8 Å². The summed E-state index contributed by atoms with van der Waals surface area (Å²) in [6, 6.07) is 6.84. The molecule has 94 valence electrons. The zero-order chi connectivity index (χ0) is 12.3. The highest BCUT2D eigenvalue weighted by molar-refractivity contribution is 7.99. The topological polar surface area (TPSA) is 38.0 Å². The van der Waals surface area contributed by atoms with Gasteiger partial charge in [0.2, 0.25) is 0 Å². The number of anilines is 2. The Bertz CT molecular complexity index is 358. The third-order valence-corrected chi connectivity index (χ3v) is 4.52. The summed E-state index contributed by atoms with van der Waals surface area (Å²) in [5, 5.41) is 4.46. The first-order chi connectivity index (χ1) is 8.17. The Labute approximate surface area is 108 Å². The first-order valence-electron chi connectivity index (χ1n) is 6.34. The molecule has 1 fully saturated rings. The lowest BCUT2D eigenvalue weighted by Gasteiger charge is -2.29. The van der Waals surface area contributed by atoms with Gasteiger partial charge < -0.3 is 11.1 Å². The van der Waals surface area contributed by atoms with Gasteiger partial charge in [0, 0.05) is 22.7 Å². The first kappa shape index (κ1) is 12.6. The minimum atomic E-state index is 0.613. The van der Waals surface area contributed by atoms with E-state index in [0.29, 0.717) is 6.04 Å². The van der Waals surface area contributed by atoms with Crippen molar-refractivity contribution in [1.82, 2.24) is 0 Å². The van der Waals surface area contributed by atoms with Gasteiger partial charge in [0.05, 0.1) is 0 Å². The molecule has 0 bridgehead atoms. The molecule has 0 aromatic heterocycles. The average Bonchev–Trinajstić information content (AvgIpc) is 2.28. The molecule has 1 aliphatic carbocycles. The van der Waals surface area contributed by atoms with E-state index in [0.717, 1.165) is 10.9 Å². The van der Waals surface area contributed by atoms with E-state index in [-0.39, 0.29) is 0 Å². The van der Waals surface area contributed by atoms with Crippen LogP contribution in [0.2, 0.25) is 0 Å². The Balaban J connectivity index is 2.00. The van der Waals surface area contributed by atoms with Gasteiger partial charge in [-0.15, -0.1) is 0 Å². The van der Waals surface area contributed by atoms with Crippen LogP contribution in [0.15, 0.2) is 18.2 Å². The minimum absolute atomic E-state index is 0.613. The van der Waals surface area contributed by atoms with Crippen LogP contribution in [0.5, 0.6) is 0 Å².